The molecule has 0 amide bonds. The summed E-state index contributed by atoms with van der Waals surface area (Å²) in [6.07, 6.45) is 0. The Kier molecular flexibility index (Phi) is 5.27. The summed E-state index contributed by atoms with van der Waals surface area (Å²) in [5, 5.41) is 1.63. The maximum atomic E-state index is 11.7. The number of thioether (sulfide) groups is 1. The van der Waals surface area contributed by atoms with Gasteiger partial charge in [0.25, 0.3) is 0 Å². The first kappa shape index (κ1) is 18.4. The highest BCUT2D eigenvalue weighted by atomic mass is 32.2. The van der Waals surface area contributed by atoms with Crippen LogP contribution in [0, 0.1) is 0 Å². The van der Waals surface area contributed by atoms with Gasteiger partial charge >= 0.3 is 11.9 Å². The van der Waals surface area contributed by atoms with E-state index >= 15 is 0 Å². The van der Waals surface area contributed by atoms with Crippen molar-refractivity contribution in [2.75, 3.05) is 13.2 Å². The van der Waals surface area contributed by atoms with Gasteiger partial charge in [-0.2, -0.15) is 0 Å². The Morgan fingerprint density at radius 3 is 2.00 bits per heavy atom. The van der Waals surface area contributed by atoms with Crippen LogP contribution >= 0.6 is 11.8 Å². The molecule has 2 aromatic rings. The van der Waals surface area contributed by atoms with Crippen molar-refractivity contribution in [2.24, 2.45) is 0 Å². The van der Waals surface area contributed by atoms with E-state index in [4.69, 9.17) is 18.9 Å². The number of benzene rings is 2. The summed E-state index contributed by atoms with van der Waals surface area (Å²) >= 11 is 1.68. The van der Waals surface area contributed by atoms with Gasteiger partial charge in [0.15, 0.2) is 11.5 Å². The summed E-state index contributed by atoms with van der Waals surface area (Å²) in [6, 6.07) is 5.68. The molecule has 1 heterocycles. The van der Waals surface area contributed by atoms with Crippen LogP contribution in [0.4, 0.5) is 0 Å². The molecular formula is C19H20O6S. The minimum Gasteiger partial charge on any atom is -0.483 e. The van der Waals surface area contributed by atoms with Gasteiger partial charge in [-0.05, 0) is 18.2 Å². The van der Waals surface area contributed by atoms with Gasteiger partial charge in [0.2, 0.25) is 11.5 Å². The van der Waals surface area contributed by atoms with Gasteiger partial charge in [0, 0.05) is 34.8 Å². The van der Waals surface area contributed by atoms with Gasteiger partial charge in [0.05, 0.1) is 0 Å². The summed E-state index contributed by atoms with van der Waals surface area (Å²) in [5.74, 6) is 0.179. The second-order valence-corrected chi connectivity index (χ2v) is 7.72. The third-order valence-corrected chi connectivity index (χ3v) is 4.54. The Balaban J connectivity index is 2.31. The summed E-state index contributed by atoms with van der Waals surface area (Å²) in [7, 11) is 0. The Morgan fingerprint density at radius 2 is 1.50 bits per heavy atom. The average Bonchev–Trinajstić information content (AvgIpc) is 2.56. The average molecular weight is 376 g/mol. The first-order chi connectivity index (χ1) is 12.4. The number of hydrogen-bond acceptors (Lipinski definition) is 7. The molecule has 0 saturated carbocycles. The molecule has 6 nitrogen and oxygen atoms in total. The number of esters is 2. The van der Waals surface area contributed by atoms with Crippen LogP contribution in [0.25, 0.3) is 10.8 Å². The van der Waals surface area contributed by atoms with Crippen LogP contribution < -0.4 is 18.9 Å². The number of rotatable bonds is 4. The lowest BCUT2D eigenvalue weighted by Crippen LogP contribution is -2.18. The third kappa shape index (κ3) is 3.72. The number of fused-ring (bicyclic) bond motifs is 2. The monoisotopic (exact) mass is 376 g/mol. The van der Waals surface area contributed by atoms with E-state index in [2.05, 4.69) is 13.8 Å². The van der Waals surface area contributed by atoms with Crippen molar-refractivity contribution in [3.05, 3.63) is 18.2 Å². The maximum Gasteiger partial charge on any atom is 0.308 e. The smallest absolute Gasteiger partial charge is 0.308 e. The fourth-order valence-corrected chi connectivity index (χ4v) is 3.62. The van der Waals surface area contributed by atoms with Gasteiger partial charge in [-0.25, -0.2) is 0 Å². The van der Waals surface area contributed by atoms with Gasteiger partial charge in [-0.3, -0.25) is 9.59 Å². The van der Waals surface area contributed by atoms with E-state index < -0.39 is 11.9 Å². The molecule has 0 aromatic heterocycles. The minimum atomic E-state index is -0.469. The number of carbonyl (C=O) groups excluding carboxylic acids is 2. The predicted molar refractivity (Wildman–Crippen MR) is 98.5 cm³/mol. The quantitative estimate of drug-likeness (QED) is 0.454. The molecule has 0 spiro atoms. The maximum absolute atomic E-state index is 11.7. The van der Waals surface area contributed by atoms with E-state index in [1.54, 1.807) is 11.8 Å². The summed E-state index contributed by atoms with van der Waals surface area (Å²) in [4.78, 5) is 24.3. The molecular weight excluding hydrogens is 356 g/mol. The zero-order chi connectivity index (χ0) is 18.8. The first-order valence-corrected chi connectivity index (χ1v) is 9.17. The Labute approximate surface area is 155 Å². The zero-order valence-corrected chi connectivity index (χ0v) is 15.9. The van der Waals surface area contributed by atoms with Crippen molar-refractivity contribution in [3.63, 3.8) is 0 Å². The van der Waals surface area contributed by atoms with E-state index in [9.17, 15) is 9.59 Å². The summed E-state index contributed by atoms with van der Waals surface area (Å²) in [6.45, 7) is 7.46. The van der Waals surface area contributed by atoms with Crippen LogP contribution in [0.2, 0.25) is 0 Å². The molecule has 0 unspecified atom stereocenters. The fourth-order valence-electron chi connectivity index (χ4n) is 2.75. The number of ether oxygens (including phenoxy) is 4. The van der Waals surface area contributed by atoms with Crippen LogP contribution in [-0.2, 0) is 9.59 Å². The second-order valence-electron chi connectivity index (χ2n) is 6.07. The standard InChI is InChI=1S/C19H20O6S/c1-10(2)26-13-5-6-14-15(9-13)17(25-12(4)21)19-18(22-7-8-23-19)16(14)24-11(3)20/h5-6,9-10H,7-8H2,1-4H3. The molecule has 0 aliphatic carbocycles. The molecule has 2 aromatic carbocycles. The Bertz CT molecular complexity index is 874. The SMILES string of the molecule is CC(=O)Oc1c2c(c(OC(C)=O)c3cc(SC(C)C)ccc13)OCCO2. The molecule has 0 radical (unpaired) electrons. The van der Waals surface area contributed by atoms with Gasteiger partial charge < -0.3 is 18.9 Å². The zero-order valence-electron chi connectivity index (χ0n) is 15.1. The second kappa shape index (κ2) is 7.45. The number of carbonyl (C=O) groups is 2. The highest BCUT2D eigenvalue weighted by Crippen LogP contribution is 2.53. The molecule has 0 N–H and O–H groups in total. The lowest BCUT2D eigenvalue weighted by atomic mass is 10.1. The van der Waals surface area contributed by atoms with E-state index in [0.717, 1.165) is 4.90 Å². The van der Waals surface area contributed by atoms with Crippen molar-refractivity contribution in [1.82, 2.24) is 0 Å². The van der Waals surface area contributed by atoms with Crippen LogP contribution in [0.1, 0.15) is 27.7 Å². The first-order valence-electron chi connectivity index (χ1n) is 8.29. The van der Waals surface area contributed by atoms with E-state index in [-0.39, 0.29) is 23.0 Å². The molecule has 0 fully saturated rings. The van der Waals surface area contributed by atoms with Crippen molar-refractivity contribution in [2.45, 2.75) is 37.8 Å². The molecule has 1 aliphatic heterocycles. The highest BCUT2D eigenvalue weighted by Gasteiger charge is 2.29. The van der Waals surface area contributed by atoms with Crippen LogP contribution in [0.15, 0.2) is 23.1 Å². The van der Waals surface area contributed by atoms with Gasteiger partial charge in [0.1, 0.15) is 13.2 Å². The highest BCUT2D eigenvalue weighted by molar-refractivity contribution is 7.99. The predicted octanol–water partition coefficient (Wildman–Crippen LogP) is 3.96. The van der Waals surface area contributed by atoms with Crippen molar-refractivity contribution >= 4 is 34.5 Å². The normalized spacial score (nSPS) is 13.0. The summed E-state index contributed by atoms with van der Waals surface area (Å²) < 4.78 is 22.3. The van der Waals surface area contributed by atoms with E-state index in [0.29, 0.717) is 29.2 Å². The molecule has 1 aliphatic rings. The van der Waals surface area contributed by atoms with Gasteiger partial charge in [-0.15, -0.1) is 11.8 Å². The third-order valence-electron chi connectivity index (χ3n) is 3.54. The lowest BCUT2D eigenvalue weighted by molar-refractivity contribution is -0.133. The van der Waals surface area contributed by atoms with Crippen LogP contribution in [0.3, 0.4) is 0 Å². The van der Waals surface area contributed by atoms with Crippen molar-refractivity contribution in [3.8, 4) is 23.0 Å². The topological polar surface area (TPSA) is 71.1 Å². The van der Waals surface area contributed by atoms with Gasteiger partial charge in [-0.1, -0.05) is 13.8 Å². The Morgan fingerprint density at radius 1 is 0.962 bits per heavy atom. The Hall–Kier alpha value is -2.41. The van der Waals surface area contributed by atoms with Crippen LogP contribution in [-0.4, -0.2) is 30.4 Å². The fraction of sp³-hybridized carbons (Fsp3) is 0.368. The van der Waals surface area contributed by atoms with E-state index in [1.807, 2.05) is 18.2 Å². The van der Waals surface area contributed by atoms with Crippen LogP contribution in [0.5, 0.6) is 23.0 Å². The number of hydrogen-bond donors (Lipinski definition) is 0. The van der Waals surface area contributed by atoms with E-state index in [1.165, 1.54) is 13.8 Å². The van der Waals surface area contributed by atoms with Crippen molar-refractivity contribution < 1.29 is 28.5 Å². The molecule has 0 atom stereocenters. The molecule has 0 bridgehead atoms. The lowest BCUT2D eigenvalue weighted by Gasteiger charge is -2.24. The molecule has 26 heavy (non-hydrogen) atoms. The summed E-state index contributed by atoms with van der Waals surface area (Å²) in [5.41, 5.74) is 0. The minimum absolute atomic E-state index is 0.277. The van der Waals surface area contributed by atoms with Crippen molar-refractivity contribution in [1.29, 1.82) is 0 Å². The molecule has 7 heteroatoms. The largest absolute Gasteiger partial charge is 0.483 e. The molecule has 0 saturated heterocycles. The molecule has 3 rings (SSSR count). The molecule has 138 valence electrons.